The van der Waals surface area contributed by atoms with E-state index in [2.05, 4.69) is 0 Å². The lowest BCUT2D eigenvalue weighted by Gasteiger charge is -2.21. The highest BCUT2D eigenvalue weighted by molar-refractivity contribution is 5.93. The van der Waals surface area contributed by atoms with Crippen molar-refractivity contribution in [3.63, 3.8) is 0 Å². The second-order valence-corrected chi connectivity index (χ2v) is 5.99. The van der Waals surface area contributed by atoms with Crippen LogP contribution in [0, 0.1) is 5.92 Å². The average molecular weight is 301 g/mol. The van der Waals surface area contributed by atoms with Crippen molar-refractivity contribution in [3.8, 4) is 5.75 Å². The van der Waals surface area contributed by atoms with Crippen LogP contribution in [0.3, 0.4) is 0 Å². The third kappa shape index (κ3) is 2.71. The standard InChI is InChI=1S/C17H19NO4/c18-17(21)16-13(8-10-4-2-1-3-5-10)15(20)12-9-11(19)6-7-14(12)22-16/h6-7,9-10,19H,1-5,8H2,(H2,18,21). The first-order valence-corrected chi connectivity index (χ1v) is 7.65. The van der Waals surface area contributed by atoms with Gasteiger partial charge in [0, 0.05) is 5.56 Å². The lowest BCUT2D eigenvalue weighted by Crippen LogP contribution is -2.23. The molecule has 2 aromatic rings. The molecule has 0 unspecified atom stereocenters. The number of hydrogen-bond donors (Lipinski definition) is 2. The zero-order valence-corrected chi connectivity index (χ0v) is 12.3. The number of carbonyl (C=O) groups excluding carboxylic acids is 1. The molecular weight excluding hydrogens is 282 g/mol. The summed E-state index contributed by atoms with van der Waals surface area (Å²) in [5.74, 6) is -0.397. The average Bonchev–Trinajstić information content (AvgIpc) is 2.51. The van der Waals surface area contributed by atoms with Crippen molar-refractivity contribution in [1.29, 1.82) is 0 Å². The summed E-state index contributed by atoms with van der Waals surface area (Å²) in [6.45, 7) is 0. The SMILES string of the molecule is NC(=O)c1oc2ccc(O)cc2c(=O)c1CC1CCCCC1. The fraction of sp³-hybridized carbons (Fsp3) is 0.412. The summed E-state index contributed by atoms with van der Waals surface area (Å²) in [5, 5.41) is 9.86. The predicted octanol–water partition coefficient (Wildman–Crippen LogP) is 2.72. The molecule has 0 spiro atoms. The van der Waals surface area contributed by atoms with Gasteiger partial charge in [-0.15, -0.1) is 0 Å². The number of phenols is 1. The van der Waals surface area contributed by atoms with Gasteiger partial charge >= 0.3 is 0 Å². The third-order valence-electron chi connectivity index (χ3n) is 4.41. The van der Waals surface area contributed by atoms with Gasteiger partial charge < -0.3 is 15.3 Å². The number of benzene rings is 1. The van der Waals surface area contributed by atoms with Crippen molar-refractivity contribution < 1.29 is 14.3 Å². The molecule has 1 amide bonds. The van der Waals surface area contributed by atoms with Crippen LogP contribution in [0.5, 0.6) is 5.75 Å². The number of amides is 1. The number of primary amides is 1. The Hall–Kier alpha value is -2.30. The largest absolute Gasteiger partial charge is 0.508 e. The van der Waals surface area contributed by atoms with Crippen molar-refractivity contribution in [2.75, 3.05) is 0 Å². The molecular formula is C17H19NO4. The Kier molecular flexibility index (Phi) is 3.88. The van der Waals surface area contributed by atoms with E-state index in [1.54, 1.807) is 0 Å². The van der Waals surface area contributed by atoms with E-state index in [1.807, 2.05) is 0 Å². The monoisotopic (exact) mass is 301 g/mol. The van der Waals surface area contributed by atoms with E-state index in [1.165, 1.54) is 24.6 Å². The van der Waals surface area contributed by atoms with Gasteiger partial charge in [-0.25, -0.2) is 0 Å². The molecule has 0 radical (unpaired) electrons. The normalized spacial score (nSPS) is 16.0. The van der Waals surface area contributed by atoms with Crippen LogP contribution in [-0.2, 0) is 6.42 Å². The van der Waals surface area contributed by atoms with Crippen molar-refractivity contribution in [2.24, 2.45) is 11.7 Å². The van der Waals surface area contributed by atoms with Crippen LogP contribution >= 0.6 is 0 Å². The Labute approximate surface area is 127 Å². The maximum absolute atomic E-state index is 12.7. The van der Waals surface area contributed by atoms with E-state index in [4.69, 9.17) is 10.2 Å². The lowest BCUT2D eigenvalue weighted by atomic mass is 9.84. The molecule has 0 atom stereocenters. The van der Waals surface area contributed by atoms with Gasteiger partial charge in [-0.2, -0.15) is 0 Å². The molecule has 1 aliphatic carbocycles. The number of carbonyl (C=O) groups is 1. The molecule has 3 rings (SSSR count). The van der Waals surface area contributed by atoms with Gasteiger partial charge in [-0.05, 0) is 30.5 Å². The number of rotatable bonds is 3. The van der Waals surface area contributed by atoms with Crippen molar-refractivity contribution in [2.45, 2.75) is 38.5 Å². The molecule has 1 heterocycles. The molecule has 116 valence electrons. The first-order valence-electron chi connectivity index (χ1n) is 7.65. The molecule has 1 aromatic carbocycles. The summed E-state index contributed by atoms with van der Waals surface area (Å²) in [6.07, 6.45) is 6.13. The van der Waals surface area contributed by atoms with Gasteiger partial charge in [-0.1, -0.05) is 32.1 Å². The zero-order chi connectivity index (χ0) is 15.7. The van der Waals surface area contributed by atoms with E-state index < -0.39 is 5.91 Å². The fourth-order valence-electron chi connectivity index (χ4n) is 3.29. The van der Waals surface area contributed by atoms with E-state index in [0.29, 0.717) is 17.9 Å². The van der Waals surface area contributed by atoms with Crippen LogP contribution in [0.15, 0.2) is 27.4 Å². The minimum Gasteiger partial charge on any atom is -0.508 e. The molecule has 0 aliphatic heterocycles. The minimum absolute atomic E-state index is 0.00441. The molecule has 3 N–H and O–H groups in total. The Bertz CT molecular complexity index is 772. The summed E-state index contributed by atoms with van der Waals surface area (Å²) < 4.78 is 5.55. The van der Waals surface area contributed by atoms with Gasteiger partial charge in [0.25, 0.3) is 5.91 Å². The summed E-state index contributed by atoms with van der Waals surface area (Å²) >= 11 is 0. The number of nitrogens with two attached hydrogens (primary N) is 1. The topological polar surface area (TPSA) is 93.5 Å². The Balaban J connectivity index is 2.12. The van der Waals surface area contributed by atoms with Gasteiger partial charge in [0.05, 0.1) is 5.39 Å². The van der Waals surface area contributed by atoms with Gasteiger partial charge in [0.2, 0.25) is 0 Å². The van der Waals surface area contributed by atoms with Gasteiger partial charge in [0.1, 0.15) is 11.3 Å². The quantitative estimate of drug-likeness (QED) is 0.911. The van der Waals surface area contributed by atoms with E-state index in [9.17, 15) is 14.7 Å². The number of hydrogen-bond acceptors (Lipinski definition) is 4. The Morgan fingerprint density at radius 3 is 2.68 bits per heavy atom. The van der Waals surface area contributed by atoms with Crippen molar-refractivity contribution in [1.82, 2.24) is 0 Å². The Morgan fingerprint density at radius 1 is 1.27 bits per heavy atom. The molecule has 1 fully saturated rings. The van der Waals surface area contributed by atoms with Crippen LogP contribution in [0.4, 0.5) is 0 Å². The molecule has 5 nitrogen and oxygen atoms in total. The van der Waals surface area contributed by atoms with Gasteiger partial charge in [-0.3, -0.25) is 9.59 Å². The van der Waals surface area contributed by atoms with Crippen LogP contribution in [-0.4, -0.2) is 11.0 Å². The summed E-state index contributed by atoms with van der Waals surface area (Å²) in [4.78, 5) is 24.4. The maximum Gasteiger partial charge on any atom is 0.284 e. The zero-order valence-electron chi connectivity index (χ0n) is 12.3. The molecule has 1 saturated carbocycles. The molecule has 1 aliphatic rings. The Morgan fingerprint density at radius 2 is 2.00 bits per heavy atom. The van der Waals surface area contributed by atoms with Crippen molar-refractivity contribution >= 4 is 16.9 Å². The third-order valence-corrected chi connectivity index (χ3v) is 4.41. The van der Waals surface area contributed by atoms with Crippen LogP contribution in [0.25, 0.3) is 11.0 Å². The van der Waals surface area contributed by atoms with Gasteiger partial charge in [0.15, 0.2) is 11.2 Å². The smallest absolute Gasteiger partial charge is 0.284 e. The minimum atomic E-state index is -0.724. The second kappa shape index (κ2) is 5.83. The predicted molar refractivity (Wildman–Crippen MR) is 82.9 cm³/mol. The molecule has 5 heteroatoms. The maximum atomic E-state index is 12.7. The van der Waals surface area contributed by atoms with Crippen molar-refractivity contribution in [3.05, 3.63) is 39.7 Å². The first-order chi connectivity index (χ1) is 10.6. The van der Waals surface area contributed by atoms with E-state index in [-0.39, 0.29) is 27.9 Å². The summed E-state index contributed by atoms with van der Waals surface area (Å²) in [7, 11) is 0. The second-order valence-electron chi connectivity index (χ2n) is 5.99. The fourth-order valence-corrected chi connectivity index (χ4v) is 3.29. The number of phenolic OH excluding ortho intramolecular Hbond substituents is 1. The highest BCUT2D eigenvalue weighted by atomic mass is 16.3. The molecule has 0 saturated heterocycles. The number of fused-ring (bicyclic) bond motifs is 1. The first kappa shape index (κ1) is 14.6. The lowest BCUT2D eigenvalue weighted by molar-refractivity contribution is 0.0972. The van der Waals surface area contributed by atoms with E-state index in [0.717, 1.165) is 25.7 Å². The molecule has 1 aromatic heterocycles. The number of aromatic hydroxyl groups is 1. The molecule has 22 heavy (non-hydrogen) atoms. The summed E-state index contributed by atoms with van der Waals surface area (Å²) in [6, 6.07) is 4.26. The summed E-state index contributed by atoms with van der Waals surface area (Å²) in [5.41, 5.74) is 5.73. The van der Waals surface area contributed by atoms with Crippen LogP contribution < -0.4 is 11.2 Å². The van der Waals surface area contributed by atoms with E-state index >= 15 is 0 Å². The van der Waals surface area contributed by atoms with Crippen LogP contribution in [0.1, 0.15) is 48.2 Å². The van der Waals surface area contributed by atoms with Crippen LogP contribution in [0.2, 0.25) is 0 Å². The highest BCUT2D eigenvalue weighted by Crippen LogP contribution is 2.28. The highest BCUT2D eigenvalue weighted by Gasteiger charge is 2.23. The molecule has 0 bridgehead atoms.